The second kappa shape index (κ2) is 8.95. The van der Waals surface area contributed by atoms with Crippen LogP contribution >= 0.6 is 0 Å². The quantitative estimate of drug-likeness (QED) is 0.370. The van der Waals surface area contributed by atoms with Gasteiger partial charge in [0.1, 0.15) is 11.0 Å². The van der Waals surface area contributed by atoms with E-state index < -0.39 is 17.2 Å². The van der Waals surface area contributed by atoms with Crippen molar-refractivity contribution in [2.75, 3.05) is 0 Å². The molecule has 0 aliphatic heterocycles. The highest BCUT2D eigenvalue weighted by atomic mass is 16.6. The van der Waals surface area contributed by atoms with Crippen molar-refractivity contribution in [3.05, 3.63) is 104 Å². The molecule has 0 spiro atoms. The maximum absolute atomic E-state index is 13.2. The fourth-order valence-corrected chi connectivity index (χ4v) is 3.95. The van der Waals surface area contributed by atoms with Crippen LogP contribution in [0.25, 0.3) is 21.9 Å². The van der Waals surface area contributed by atoms with E-state index >= 15 is 0 Å². The fourth-order valence-electron chi connectivity index (χ4n) is 3.95. The topological polar surface area (TPSA) is 149 Å². The lowest BCUT2D eigenvalue weighted by Gasteiger charge is -2.12. The Morgan fingerprint density at radius 3 is 2.36 bits per heavy atom. The van der Waals surface area contributed by atoms with Crippen LogP contribution < -0.4 is 16.6 Å². The SMILES string of the molecule is Cn1c(=O)n(Cc2ccc(C(=O)O)cc2)c(=O)c2cc(C(=O)NCc3ccc4nonc4c3)ccc21. The lowest BCUT2D eigenvalue weighted by molar-refractivity contribution is 0.0696. The first-order valence-corrected chi connectivity index (χ1v) is 10.9. The van der Waals surface area contributed by atoms with Gasteiger partial charge in [0.15, 0.2) is 0 Å². The number of nitrogens with one attached hydrogen (secondary N) is 1. The molecular formula is C25H19N5O6. The number of amides is 1. The number of benzene rings is 3. The van der Waals surface area contributed by atoms with E-state index in [9.17, 15) is 19.2 Å². The fraction of sp³-hybridized carbons (Fsp3) is 0.120. The Morgan fingerprint density at radius 2 is 1.61 bits per heavy atom. The first-order valence-electron chi connectivity index (χ1n) is 10.9. The number of aryl methyl sites for hydroxylation is 1. The van der Waals surface area contributed by atoms with Gasteiger partial charge in [0.05, 0.1) is 23.0 Å². The summed E-state index contributed by atoms with van der Waals surface area (Å²) in [4.78, 5) is 50.0. The van der Waals surface area contributed by atoms with E-state index in [1.54, 1.807) is 49.5 Å². The van der Waals surface area contributed by atoms with Crippen LogP contribution in [0.3, 0.4) is 0 Å². The zero-order chi connectivity index (χ0) is 25.4. The number of carboxylic acid groups (broad SMARTS) is 1. The van der Waals surface area contributed by atoms with Crippen LogP contribution in [0.5, 0.6) is 0 Å². The maximum atomic E-state index is 13.2. The Balaban J connectivity index is 1.43. The zero-order valence-electron chi connectivity index (χ0n) is 19.0. The van der Waals surface area contributed by atoms with Crippen molar-refractivity contribution in [2.24, 2.45) is 7.05 Å². The second-order valence-corrected chi connectivity index (χ2v) is 8.24. The van der Waals surface area contributed by atoms with Crippen molar-refractivity contribution in [3.63, 3.8) is 0 Å². The Kier molecular flexibility index (Phi) is 5.65. The van der Waals surface area contributed by atoms with Crippen molar-refractivity contribution < 1.29 is 19.3 Å². The molecule has 0 aliphatic carbocycles. The van der Waals surface area contributed by atoms with E-state index in [1.807, 2.05) is 0 Å². The van der Waals surface area contributed by atoms with E-state index in [0.717, 1.165) is 10.1 Å². The van der Waals surface area contributed by atoms with Crippen LogP contribution in [0.15, 0.2) is 74.9 Å². The number of rotatable bonds is 6. The number of carbonyl (C=O) groups is 2. The molecule has 2 aromatic heterocycles. The summed E-state index contributed by atoms with van der Waals surface area (Å²) in [5.41, 5.74) is 2.26. The van der Waals surface area contributed by atoms with Crippen LogP contribution in [0.2, 0.25) is 0 Å². The number of aromatic carboxylic acids is 1. The summed E-state index contributed by atoms with van der Waals surface area (Å²) in [5.74, 6) is -1.46. The summed E-state index contributed by atoms with van der Waals surface area (Å²) in [7, 11) is 1.54. The van der Waals surface area contributed by atoms with Crippen LogP contribution in [-0.4, -0.2) is 36.4 Å². The summed E-state index contributed by atoms with van der Waals surface area (Å²) < 4.78 is 7.07. The van der Waals surface area contributed by atoms with Gasteiger partial charge in [-0.15, -0.1) is 0 Å². The molecule has 3 aromatic carbocycles. The minimum absolute atomic E-state index is 0.0445. The van der Waals surface area contributed by atoms with Gasteiger partial charge in [0, 0.05) is 19.2 Å². The number of fused-ring (bicyclic) bond motifs is 2. The van der Waals surface area contributed by atoms with Gasteiger partial charge < -0.3 is 10.4 Å². The number of aromatic nitrogens is 4. The van der Waals surface area contributed by atoms with Gasteiger partial charge >= 0.3 is 11.7 Å². The number of carbonyl (C=O) groups excluding carboxylic acids is 1. The molecule has 2 N–H and O–H groups in total. The summed E-state index contributed by atoms with van der Waals surface area (Å²) in [6, 6.07) is 15.8. The summed E-state index contributed by atoms with van der Waals surface area (Å²) in [5, 5.41) is 19.6. The molecule has 0 saturated carbocycles. The van der Waals surface area contributed by atoms with Crippen molar-refractivity contribution in [1.29, 1.82) is 0 Å². The van der Waals surface area contributed by atoms with Gasteiger partial charge in [-0.05, 0) is 63.9 Å². The molecule has 0 saturated heterocycles. The van der Waals surface area contributed by atoms with Gasteiger partial charge in [0.2, 0.25) is 0 Å². The van der Waals surface area contributed by atoms with Crippen LogP contribution in [0.4, 0.5) is 0 Å². The third kappa shape index (κ3) is 4.13. The molecule has 11 nitrogen and oxygen atoms in total. The van der Waals surface area contributed by atoms with E-state index in [1.165, 1.54) is 22.8 Å². The van der Waals surface area contributed by atoms with E-state index in [2.05, 4.69) is 20.3 Å². The van der Waals surface area contributed by atoms with Crippen molar-refractivity contribution in [1.82, 2.24) is 24.8 Å². The largest absolute Gasteiger partial charge is 0.478 e. The van der Waals surface area contributed by atoms with Gasteiger partial charge in [-0.25, -0.2) is 14.2 Å². The third-order valence-electron chi connectivity index (χ3n) is 5.93. The van der Waals surface area contributed by atoms with Crippen molar-refractivity contribution in [2.45, 2.75) is 13.1 Å². The van der Waals surface area contributed by atoms with Crippen molar-refractivity contribution >= 4 is 33.8 Å². The molecule has 1 amide bonds. The monoisotopic (exact) mass is 485 g/mol. The summed E-state index contributed by atoms with van der Waals surface area (Å²) in [6.45, 7) is 0.181. The predicted octanol–water partition coefficient (Wildman–Crippen LogP) is 1.91. The van der Waals surface area contributed by atoms with Crippen LogP contribution in [0, 0.1) is 0 Å². The average Bonchev–Trinajstić information content (AvgIpc) is 3.36. The van der Waals surface area contributed by atoms with E-state index in [-0.39, 0.29) is 35.5 Å². The zero-order valence-corrected chi connectivity index (χ0v) is 19.0. The molecule has 0 radical (unpaired) electrons. The lowest BCUT2D eigenvalue weighted by atomic mass is 10.1. The highest BCUT2D eigenvalue weighted by molar-refractivity contribution is 5.97. The molecule has 5 aromatic rings. The maximum Gasteiger partial charge on any atom is 0.335 e. The molecule has 180 valence electrons. The Morgan fingerprint density at radius 1 is 0.917 bits per heavy atom. The van der Waals surface area contributed by atoms with Gasteiger partial charge in [-0.3, -0.25) is 18.7 Å². The van der Waals surface area contributed by atoms with Crippen molar-refractivity contribution in [3.8, 4) is 0 Å². The summed E-state index contributed by atoms with van der Waals surface area (Å²) >= 11 is 0. The number of carboxylic acids is 1. The Labute approximate surface area is 202 Å². The minimum Gasteiger partial charge on any atom is -0.478 e. The summed E-state index contributed by atoms with van der Waals surface area (Å²) in [6.07, 6.45) is 0. The molecule has 0 unspecified atom stereocenters. The van der Waals surface area contributed by atoms with E-state index in [4.69, 9.17) is 5.11 Å². The Hall–Kier alpha value is -5.06. The number of hydrogen-bond acceptors (Lipinski definition) is 7. The number of hydrogen-bond donors (Lipinski definition) is 2. The van der Waals surface area contributed by atoms with Gasteiger partial charge in [-0.2, -0.15) is 0 Å². The normalized spacial score (nSPS) is 11.1. The molecule has 36 heavy (non-hydrogen) atoms. The van der Waals surface area contributed by atoms with Crippen LogP contribution in [-0.2, 0) is 20.1 Å². The van der Waals surface area contributed by atoms with Gasteiger partial charge in [0.25, 0.3) is 11.5 Å². The minimum atomic E-state index is -1.07. The lowest BCUT2D eigenvalue weighted by Crippen LogP contribution is -2.39. The highest BCUT2D eigenvalue weighted by Gasteiger charge is 2.15. The first-order chi connectivity index (χ1) is 17.3. The molecule has 2 heterocycles. The molecule has 0 fully saturated rings. The number of nitrogens with zero attached hydrogens (tertiary/aromatic N) is 4. The third-order valence-corrected chi connectivity index (χ3v) is 5.93. The highest BCUT2D eigenvalue weighted by Crippen LogP contribution is 2.14. The predicted molar refractivity (Wildman–Crippen MR) is 129 cm³/mol. The van der Waals surface area contributed by atoms with Crippen LogP contribution in [0.1, 0.15) is 31.8 Å². The molecule has 0 bridgehead atoms. The first kappa shape index (κ1) is 22.7. The average molecular weight is 485 g/mol. The standard InChI is InChI=1S/C25H19N5O6/c1-29-21-9-7-17(22(31)26-12-15-4-8-19-20(10-15)28-36-27-19)11-18(21)23(32)30(25(29)35)13-14-2-5-16(6-3-14)24(33)34/h2-11H,12-13H2,1H3,(H,26,31)(H,33,34). The molecular weight excluding hydrogens is 466 g/mol. The van der Waals surface area contributed by atoms with Gasteiger partial charge in [-0.1, -0.05) is 18.2 Å². The molecule has 0 atom stereocenters. The molecule has 11 heteroatoms. The molecule has 0 aliphatic rings. The second-order valence-electron chi connectivity index (χ2n) is 8.24. The molecule has 5 rings (SSSR count). The Bertz CT molecular complexity index is 1760. The smallest absolute Gasteiger partial charge is 0.335 e. The van der Waals surface area contributed by atoms with E-state index in [0.29, 0.717) is 22.1 Å².